The summed E-state index contributed by atoms with van der Waals surface area (Å²) in [7, 11) is -4.27. The van der Waals surface area contributed by atoms with Gasteiger partial charge in [-0.25, -0.2) is 4.57 Å². The summed E-state index contributed by atoms with van der Waals surface area (Å²) in [5, 5.41) is 0. The van der Waals surface area contributed by atoms with Crippen molar-refractivity contribution in [2.75, 3.05) is 0 Å². The number of phosphoric ester groups is 1. The molecule has 0 spiro atoms. The molecule has 2 atom stereocenters. The molecule has 2 unspecified atom stereocenters. The lowest BCUT2D eigenvalue weighted by Gasteiger charge is -2.28. The SMILES string of the molecule is CC1CCCCC1OP(=O)(O)O. The van der Waals surface area contributed by atoms with Gasteiger partial charge in [-0.2, -0.15) is 0 Å². The van der Waals surface area contributed by atoms with Gasteiger partial charge in [-0.05, 0) is 18.8 Å². The third-order valence-corrected chi connectivity index (χ3v) is 2.85. The van der Waals surface area contributed by atoms with Crippen LogP contribution in [-0.2, 0) is 9.09 Å². The molecule has 0 amide bonds. The summed E-state index contributed by atoms with van der Waals surface area (Å²) in [5.74, 6) is 0.270. The van der Waals surface area contributed by atoms with Crippen molar-refractivity contribution in [3.63, 3.8) is 0 Å². The first-order chi connectivity index (χ1) is 5.49. The lowest BCUT2D eigenvalue weighted by atomic mass is 9.88. The smallest absolute Gasteiger partial charge is 0.303 e. The molecule has 2 N–H and O–H groups in total. The predicted molar refractivity (Wildman–Crippen MR) is 44.5 cm³/mol. The normalized spacial score (nSPS) is 31.9. The highest BCUT2D eigenvalue weighted by molar-refractivity contribution is 7.46. The monoisotopic (exact) mass is 194 g/mol. The van der Waals surface area contributed by atoms with Crippen LogP contribution in [-0.4, -0.2) is 15.9 Å². The van der Waals surface area contributed by atoms with Crippen LogP contribution in [0, 0.1) is 5.92 Å². The van der Waals surface area contributed by atoms with Crippen LogP contribution in [0.1, 0.15) is 32.6 Å². The minimum Gasteiger partial charge on any atom is -0.303 e. The number of phosphoric acid groups is 1. The summed E-state index contributed by atoms with van der Waals surface area (Å²) in [6.07, 6.45) is 3.67. The number of rotatable bonds is 2. The maximum Gasteiger partial charge on any atom is 0.469 e. The van der Waals surface area contributed by atoms with Crippen molar-refractivity contribution in [3.8, 4) is 0 Å². The van der Waals surface area contributed by atoms with Gasteiger partial charge in [-0.1, -0.05) is 19.8 Å². The van der Waals surface area contributed by atoms with Gasteiger partial charge in [0.2, 0.25) is 0 Å². The molecule has 0 bridgehead atoms. The van der Waals surface area contributed by atoms with Gasteiger partial charge in [0.1, 0.15) is 0 Å². The average molecular weight is 194 g/mol. The van der Waals surface area contributed by atoms with Crippen LogP contribution in [0.2, 0.25) is 0 Å². The van der Waals surface area contributed by atoms with Gasteiger partial charge in [-0.3, -0.25) is 4.52 Å². The van der Waals surface area contributed by atoms with E-state index in [9.17, 15) is 4.57 Å². The van der Waals surface area contributed by atoms with E-state index in [1.54, 1.807) is 0 Å². The fourth-order valence-corrected chi connectivity index (χ4v) is 2.28. The second-order valence-corrected chi connectivity index (χ2v) is 4.59. The molecule has 0 aromatic rings. The van der Waals surface area contributed by atoms with Crippen LogP contribution in [0.25, 0.3) is 0 Å². The molecule has 1 rings (SSSR count). The quantitative estimate of drug-likeness (QED) is 0.656. The molecule has 1 aliphatic rings. The Morgan fingerprint density at radius 2 is 1.92 bits per heavy atom. The van der Waals surface area contributed by atoms with Crippen molar-refractivity contribution in [1.29, 1.82) is 0 Å². The zero-order chi connectivity index (χ0) is 9.19. The summed E-state index contributed by atoms with van der Waals surface area (Å²) in [6.45, 7) is 1.97. The van der Waals surface area contributed by atoms with E-state index in [1.807, 2.05) is 6.92 Å². The van der Waals surface area contributed by atoms with E-state index in [0.29, 0.717) is 0 Å². The summed E-state index contributed by atoms with van der Waals surface area (Å²) in [6, 6.07) is 0. The highest BCUT2D eigenvalue weighted by Gasteiger charge is 2.28. The Kier molecular flexibility index (Phi) is 3.29. The van der Waals surface area contributed by atoms with Crippen LogP contribution in [0.5, 0.6) is 0 Å². The third-order valence-electron chi connectivity index (χ3n) is 2.31. The summed E-state index contributed by atoms with van der Waals surface area (Å²) in [4.78, 5) is 17.2. The van der Waals surface area contributed by atoms with Gasteiger partial charge in [0, 0.05) is 0 Å². The van der Waals surface area contributed by atoms with E-state index in [0.717, 1.165) is 25.7 Å². The lowest BCUT2D eigenvalue weighted by Crippen LogP contribution is -2.24. The second kappa shape index (κ2) is 3.88. The molecule has 0 heterocycles. The Bertz CT molecular complexity index is 188. The Balaban J connectivity index is 2.44. The molecule has 72 valence electrons. The average Bonchev–Trinajstić information content (AvgIpc) is 1.91. The number of hydrogen-bond acceptors (Lipinski definition) is 2. The van der Waals surface area contributed by atoms with Gasteiger partial charge in [-0.15, -0.1) is 0 Å². The van der Waals surface area contributed by atoms with Crippen LogP contribution in [0.3, 0.4) is 0 Å². The molecular weight excluding hydrogens is 179 g/mol. The maximum atomic E-state index is 10.5. The molecule has 5 heteroatoms. The van der Waals surface area contributed by atoms with Gasteiger partial charge >= 0.3 is 7.82 Å². The zero-order valence-corrected chi connectivity index (χ0v) is 8.04. The zero-order valence-electron chi connectivity index (χ0n) is 7.14. The van der Waals surface area contributed by atoms with E-state index in [4.69, 9.17) is 9.79 Å². The van der Waals surface area contributed by atoms with E-state index in [-0.39, 0.29) is 12.0 Å². The van der Waals surface area contributed by atoms with Crippen LogP contribution >= 0.6 is 7.82 Å². The lowest BCUT2D eigenvalue weighted by molar-refractivity contribution is 0.0663. The van der Waals surface area contributed by atoms with Gasteiger partial charge in [0.05, 0.1) is 6.10 Å². The predicted octanol–water partition coefficient (Wildman–Crippen LogP) is 1.67. The van der Waals surface area contributed by atoms with E-state index >= 15 is 0 Å². The van der Waals surface area contributed by atoms with Crippen LogP contribution in [0.15, 0.2) is 0 Å². The van der Waals surface area contributed by atoms with E-state index < -0.39 is 7.82 Å². The Labute approximate surface area is 72.2 Å². The molecule has 0 aliphatic heterocycles. The first-order valence-corrected chi connectivity index (χ1v) is 5.76. The third kappa shape index (κ3) is 3.23. The Hall–Kier alpha value is 0.110. The van der Waals surface area contributed by atoms with Gasteiger partial charge < -0.3 is 9.79 Å². The summed E-state index contributed by atoms with van der Waals surface area (Å²) >= 11 is 0. The fraction of sp³-hybridized carbons (Fsp3) is 1.00. The molecule has 0 aromatic heterocycles. The minimum absolute atomic E-state index is 0.250. The standard InChI is InChI=1S/C7H15O4P/c1-6-4-2-3-5-7(6)11-12(8,9)10/h6-7H,2-5H2,1H3,(H2,8,9,10). The van der Waals surface area contributed by atoms with Gasteiger partial charge in [0.25, 0.3) is 0 Å². The van der Waals surface area contributed by atoms with Crippen molar-refractivity contribution in [3.05, 3.63) is 0 Å². The second-order valence-electron chi connectivity index (χ2n) is 3.40. The highest BCUT2D eigenvalue weighted by Crippen LogP contribution is 2.42. The number of hydrogen-bond donors (Lipinski definition) is 2. The first-order valence-electron chi connectivity index (χ1n) is 4.23. The molecule has 0 radical (unpaired) electrons. The largest absolute Gasteiger partial charge is 0.469 e. The van der Waals surface area contributed by atoms with Crippen molar-refractivity contribution in [2.45, 2.75) is 38.7 Å². The Morgan fingerprint density at radius 1 is 1.33 bits per heavy atom. The molecule has 1 saturated carbocycles. The summed E-state index contributed by atoms with van der Waals surface area (Å²) < 4.78 is 15.2. The van der Waals surface area contributed by atoms with Crippen molar-refractivity contribution in [2.24, 2.45) is 5.92 Å². The summed E-state index contributed by atoms with van der Waals surface area (Å²) in [5.41, 5.74) is 0. The molecule has 1 fully saturated rings. The molecular formula is C7H15O4P. The molecule has 0 saturated heterocycles. The molecule has 1 aliphatic carbocycles. The van der Waals surface area contributed by atoms with Crippen LogP contribution in [0.4, 0.5) is 0 Å². The first kappa shape index (κ1) is 10.2. The Morgan fingerprint density at radius 3 is 2.42 bits per heavy atom. The topological polar surface area (TPSA) is 66.8 Å². The van der Waals surface area contributed by atoms with Crippen molar-refractivity contribution in [1.82, 2.24) is 0 Å². The highest BCUT2D eigenvalue weighted by atomic mass is 31.2. The van der Waals surface area contributed by atoms with E-state index in [1.165, 1.54) is 0 Å². The molecule has 12 heavy (non-hydrogen) atoms. The minimum atomic E-state index is -4.27. The van der Waals surface area contributed by atoms with Crippen LogP contribution < -0.4 is 0 Å². The van der Waals surface area contributed by atoms with E-state index in [2.05, 4.69) is 4.52 Å². The van der Waals surface area contributed by atoms with Crippen molar-refractivity contribution < 1.29 is 18.9 Å². The molecule has 4 nitrogen and oxygen atoms in total. The van der Waals surface area contributed by atoms with Gasteiger partial charge in [0.15, 0.2) is 0 Å². The van der Waals surface area contributed by atoms with Crippen molar-refractivity contribution >= 4 is 7.82 Å². The molecule has 0 aromatic carbocycles. The fourth-order valence-electron chi connectivity index (χ4n) is 1.62. The maximum absolute atomic E-state index is 10.5.